The molecule has 1 saturated carbocycles. The van der Waals surface area contributed by atoms with Gasteiger partial charge in [-0.15, -0.1) is 0 Å². The van der Waals surface area contributed by atoms with Crippen LogP contribution in [0.25, 0.3) is 0 Å². The number of carbonyl (C=O) groups is 1. The molecule has 1 aliphatic rings. The number of alkyl carbamates (subject to hydrolysis) is 1. The molecule has 0 atom stereocenters. The maximum Gasteiger partial charge on any atom is 0.407 e. The molecule has 100 valence electrons. The fourth-order valence-electron chi connectivity index (χ4n) is 1.78. The van der Waals surface area contributed by atoms with Gasteiger partial charge < -0.3 is 15.4 Å². The second kappa shape index (κ2) is 5.71. The van der Waals surface area contributed by atoms with Crippen LogP contribution in [0.4, 0.5) is 4.79 Å². The average molecular weight is 242 g/mol. The Kier molecular flexibility index (Phi) is 4.80. The minimum absolute atomic E-state index is 0.273. The minimum atomic E-state index is -0.414. The average Bonchev–Trinajstić information content (AvgIpc) is 2.04. The van der Waals surface area contributed by atoms with Gasteiger partial charge in [0.1, 0.15) is 5.60 Å². The fraction of sp³-hybridized carbons (Fsp3) is 0.923. The summed E-state index contributed by atoms with van der Waals surface area (Å²) < 4.78 is 5.21. The third kappa shape index (κ3) is 5.91. The van der Waals surface area contributed by atoms with Crippen LogP contribution in [0.5, 0.6) is 0 Å². The highest BCUT2D eigenvalue weighted by Crippen LogP contribution is 2.20. The number of amides is 1. The first kappa shape index (κ1) is 14.3. The van der Waals surface area contributed by atoms with E-state index in [0.29, 0.717) is 12.0 Å². The lowest BCUT2D eigenvalue weighted by molar-refractivity contribution is 0.0465. The summed E-state index contributed by atoms with van der Waals surface area (Å²) in [6, 6.07) is 0.826. The zero-order chi connectivity index (χ0) is 13.1. The van der Waals surface area contributed by atoms with Crippen LogP contribution in [0, 0.1) is 5.92 Å². The number of nitrogens with one attached hydrogen (secondary N) is 2. The maximum absolute atomic E-state index is 11.5. The Morgan fingerprint density at radius 2 is 1.88 bits per heavy atom. The van der Waals surface area contributed by atoms with Crippen molar-refractivity contribution in [2.75, 3.05) is 6.54 Å². The lowest BCUT2D eigenvalue weighted by Gasteiger charge is -2.37. The molecule has 4 heteroatoms. The third-order valence-corrected chi connectivity index (χ3v) is 2.67. The molecule has 4 nitrogen and oxygen atoms in total. The molecule has 2 N–H and O–H groups in total. The van der Waals surface area contributed by atoms with Crippen LogP contribution in [0.3, 0.4) is 0 Å². The lowest BCUT2D eigenvalue weighted by atomic mass is 9.86. The molecule has 17 heavy (non-hydrogen) atoms. The maximum atomic E-state index is 11.5. The summed E-state index contributed by atoms with van der Waals surface area (Å²) in [6.07, 6.45) is 1.71. The quantitative estimate of drug-likeness (QED) is 0.795. The van der Waals surface area contributed by atoms with Crippen molar-refractivity contribution in [3.8, 4) is 0 Å². The van der Waals surface area contributed by atoms with Gasteiger partial charge in [0.25, 0.3) is 0 Å². The summed E-state index contributed by atoms with van der Waals surface area (Å²) in [7, 11) is 0. The molecular formula is C13H26N2O2. The fourth-order valence-corrected chi connectivity index (χ4v) is 1.78. The van der Waals surface area contributed by atoms with E-state index in [4.69, 9.17) is 4.74 Å². The highest BCUT2D eigenvalue weighted by Gasteiger charge is 2.31. The summed E-state index contributed by atoms with van der Waals surface area (Å²) in [6.45, 7) is 11.1. The highest BCUT2D eigenvalue weighted by molar-refractivity contribution is 5.68. The molecule has 0 aromatic rings. The van der Waals surface area contributed by atoms with Gasteiger partial charge in [0, 0.05) is 12.1 Å². The summed E-state index contributed by atoms with van der Waals surface area (Å²) in [4.78, 5) is 11.5. The third-order valence-electron chi connectivity index (χ3n) is 2.67. The molecule has 1 rings (SSSR count). The first-order valence-corrected chi connectivity index (χ1v) is 6.49. The second-order valence-electron chi connectivity index (χ2n) is 6.31. The summed E-state index contributed by atoms with van der Waals surface area (Å²) in [5.41, 5.74) is -0.414. The van der Waals surface area contributed by atoms with Crippen LogP contribution in [0.15, 0.2) is 0 Å². The molecule has 0 aromatic carbocycles. The predicted octanol–water partition coefficient (Wildman–Crippen LogP) is 2.29. The Bertz CT molecular complexity index is 253. The van der Waals surface area contributed by atoms with Crippen LogP contribution in [-0.2, 0) is 4.74 Å². The Hall–Kier alpha value is -0.770. The normalized spacial score (nSPS) is 24.4. The molecule has 0 unspecified atom stereocenters. The van der Waals surface area contributed by atoms with Crippen LogP contribution in [-0.4, -0.2) is 30.3 Å². The predicted molar refractivity (Wildman–Crippen MR) is 69.0 cm³/mol. The van der Waals surface area contributed by atoms with Crippen molar-refractivity contribution in [2.45, 2.75) is 65.1 Å². The van der Waals surface area contributed by atoms with Gasteiger partial charge in [0.15, 0.2) is 0 Å². The zero-order valence-electron chi connectivity index (χ0n) is 11.7. The van der Waals surface area contributed by atoms with Gasteiger partial charge in [-0.1, -0.05) is 13.8 Å². The first-order valence-electron chi connectivity index (χ1n) is 6.49. The van der Waals surface area contributed by atoms with Crippen molar-refractivity contribution < 1.29 is 9.53 Å². The van der Waals surface area contributed by atoms with Crippen LogP contribution in [0.1, 0.15) is 47.5 Å². The number of rotatable bonds is 4. The monoisotopic (exact) mass is 242 g/mol. The van der Waals surface area contributed by atoms with Crippen molar-refractivity contribution in [1.29, 1.82) is 0 Å². The van der Waals surface area contributed by atoms with Gasteiger partial charge in [0.2, 0.25) is 0 Å². The largest absolute Gasteiger partial charge is 0.444 e. The molecule has 0 aromatic heterocycles. The van der Waals surface area contributed by atoms with E-state index in [-0.39, 0.29) is 12.1 Å². The smallest absolute Gasteiger partial charge is 0.407 e. The molecule has 1 fully saturated rings. The van der Waals surface area contributed by atoms with E-state index in [1.807, 2.05) is 20.8 Å². The summed E-state index contributed by atoms with van der Waals surface area (Å²) >= 11 is 0. The molecule has 0 radical (unpaired) electrons. The Labute approximate surface area is 104 Å². The van der Waals surface area contributed by atoms with Gasteiger partial charge in [0.05, 0.1) is 0 Å². The van der Waals surface area contributed by atoms with Gasteiger partial charge >= 0.3 is 6.09 Å². The number of hydrogen-bond donors (Lipinski definition) is 2. The van der Waals surface area contributed by atoms with Crippen molar-refractivity contribution in [1.82, 2.24) is 10.6 Å². The molecule has 0 saturated heterocycles. The van der Waals surface area contributed by atoms with E-state index in [9.17, 15) is 4.79 Å². The van der Waals surface area contributed by atoms with E-state index in [2.05, 4.69) is 24.5 Å². The Morgan fingerprint density at radius 3 is 2.35 bits per heavy atom. The zero-order valence-corrected chi connectivity index (χ0v) is 11.7. The Morgan fingerprint density at radius 1 is 1.29 bits per heavy atom. The second-order valence-corrected chi connectivity index (χ2v) is 6.31. The van der Waals surface area contributed by atoms with E-state index in [1.165, 1.54) is 0 Å². The summed E-state index contributed by atoms with van der Waals surface area (Å²) in [5.74, 6) is 0.674. The van der Waals surface area contributed by atoms with Crippen LogP contribution in [0.2, 0.25) is 0 Å². The molecule has 1 aliphatic carbocycles. The summed E-state index contributed by atoms with van der Waals surface area (Å²) in [5, 5.41) is 6.37. The van der Waals surface area contributed by atoms with Crippen LogP contribution >= 0.6 is 0 Å². The first-order chi connectivity index (χ1) is 7.76. The molecule has 0 bridgehead atoms. The van der Waals surface area contributed by atoms with E-state index in [1.54, 1.807) is 0 Å². The molecule has 0 heterocycles. The highest BCUT2D eigenvalue weighted by atomic mass is 16.6. The SMILES string of the molecule is CC(C)CNC1CC(NC(=O)OC(C)(C)C)C1. The topological polar surface area (TPSA) is 50.4 Å². The number of ether oxygens (including phenoxy) is 1. The van der Waals surface area contributed by atoms with E-state index >= 15 is 0 Å². The van der Waals surface area contributed by atoms with Gasteiger partial charge in [-0.3, -0.25) is 0 Å². The van der Waals surface area contributed by atoms with Crippen LogP contribution < -0.4 is 10.6 Å². The van der Waals surface area contributed by atoms with Gasteiger partial charge in [-0.2, -0.15) is 0 Å². The molecular weight excluding hydrogens is 216 g/mol. The van der Waals surface area contributed by atoms with Crippen molar-refractivity contribution in [2.24, 2.45) is 5.92 Å². The lowest BCUT2D eigenvalue weighted by Crippen LogP contribution is -2.53. The van der Waals surface area contributed by atoms with E-state index in [0.717, 1.165) is 19.4 Å². The Balaban J connectivity index is 2.11. The number of hydrogen-bond acceptors (Lipinski definition) is 3. The molecule has 0 spiro atoms. The standard InChI is InChI=1S/C13H26N2O2/c1-9(2)8-14-10-6-11(7-10)15-12(16)17-13(3,4)5/h9-11,14H,6-8H2,1-5H3,(H,15,16). The van der Waals surface area contributed by atoms with E-state index < -0.39 is 5.60 Å². The van der Waals surface area contributed by atoms with Gasteiger partial charge in [-0.25, -0.2) is 4.79 Å². The molecule has 1 amide bonds. The van der Waals surface area contributed by atoms with Crippen molar-refractivity contribution in [3.63, 3.8) is 0 Å². The number of carbonyl (C=O) groups excluding carboxylic acids is 1. The van der Waals surface area contributed by atoms with Crippen molar-refractivity contribution in [3.05, 3.63) is 0 Å². The van der Waals surface area contributed by atoms with Crippen molar-refractivity contribution >= 4 is 6.09 Å². The van der Waals surface area contributed by atoms with Gasteiger partial charge in [-0.05, 0) is 46.1 Å². The minimum Gasteiger partial charge on any atom is -0.444 e. The molecule has 0 aliphatic heterocycles.